The molecule has 8 nitrogen and oxygen atoms in total. The van der Waals surface area contributed by atoms with Crippen LogP contribution in [0.3, 0.4) is 0 Å². The van der Waals surface area contributed by atoms with Crippen molar-refractivity contribution < 1.29 is 62.6 Å². The molecule has 0 fully saturated rings. The molecule has 9 heteroatoms. The summed E-state index contributed by atoms with van der Waals surface area (Å²) < 4.78 is 0. The normalized spacial score (nSPS) is 9.95. The van der Waals surface area contributed by atoms with E-state index in [1.165, 1.54) is 52.1 Å². The van der Waals surface area contributed by atoms with Crippen molar-refractivity contribution in [2.24, 2.45) is 0 Å². The summed E-state index contributed by atoms with van der Waals surface area (Å²) in [4.78, 5) is 0. The van der Waals surface area contributed by atoms with E-state index in [-0.39, 0.29) is 21.7 Å². The van der Waals surface area contributed by atoms with Crippen molar-refractivity contribution in [2.45, 2.75) is 154 Å². The first kappa shape index (κ1) is 51.0. The molecule has 0 aromatic rings. The zero-order valence-electron chi connectivity index (χ0n) is 26.2. The summed E-state index contributed by atoms with van der Waals surface area (Å²) in [6.07, 6.45) is 25.0. The number of hydrogen-bond acceptors (Lipinski definition) is 8. The van der Waals surface area contributed by atoms with Crippen LogP contribution >= 0.6 is 0 Å². The third-order valence-electron chi connectivity index (χ3n) is 5.97. The first-order valence-electron chi connectivity index (χ1n) is 15.9. The van der Waals surface area contributed by atoms with Crippen LogP contribution in [0.15, 0.2) is 0 Å². The molecule has 0 aromatic heterocycles. The molecule has 0 bridgehead atoms. The second kappa shape index (κ2) is 59.7. The van der Waals surface area contributed by atoms with Gasteiger partial charge in [0, 0.05) is 26.4 Å². The average Bonchev–Trinajstić information content (AvgIpc) is 2.97. The molecule has 0 heterocycles. The second-order valence-corrected chi connectivity index (χ2v) is 9.85. The standard InChI is InChI=1S/4C8H17O2.Ti/c4*9-7-5-3-1-2-4-6-8-10;/h4*7,9-10H,1-6,8H2;/q4*-1;+4. The Balaban J connectivity index is -0.000000139. The Morgan fingerprint density at radius 2 is 0.390 bits per heavy atom. The van der Waals surface area contributed by atoms with Crippen molar-refractivity contribution in [3.63, 3.8) is 0 Å². The van der Waals surface area contributed by atoms with Gasteiger partial charge in [-0.3, -0.25) is 0 Å². The van der Waals surface area contributed by atoms with Gasteiger partial charge in [-0.25, -0.2) is 26.4 Å². The van der Waals surface area contributed by atoms with Gasteiger partial charge in [-0.2, -0.15) is 25.7 Å². The molecule has 0 aromatic carbocycles. The van der Waals surface area contributed by atoms with Crippen LogP contribution in [-0.2, 0) is 21.7 Å². The van der Waals surface area contributed by atoms with E-state index in [4.69, 9.17) is 40.9 Å². The van der Waals surface area contributed by atoms with Gasteiger partial charge in [0.05, 0.1) is 0 Å². The molecule has 0 rings (SSSR count). The quantitative estimate of drug-likeness (QED) is 0.0252. The summed E-state index contributed by atoms with van der Waals surface area (Å²) in [5.74, 6) is 0. The molecule has 0 radical (unpaired) electrons. The van der Waals surface area contributed by atoms with Crippen LogP contribution < -0.4 is 0 Å². The number of unbranched alkanes of at least 4 members (excludes halogenated alkanes) is 20. The van der Waals surface area contributed by atoms with Crippen molar-refractivity contribution in [3.8, 4) is 0 Å². The molecule has 41 heavy (non-hydrogen) atoms. The molecule has 0 amide bonds. The molecule has 0 aliphatic carbocycles. The van der Waals surface area contributed by atoms with Gasteiger partial charge in [0.15, 0.2) is 0 Å². The molecule has 0 unspecified atom stereocenters. The molecule has 0 spiro atoms. The van der Waals surface area contributed by atoms with E-state index in [1.807, 2.05) is 0 Å². The minimum atomic E-state index is 0. The minimum Gasteiger partial charge on any atom is -0.566 e. The SMILES string of the molecule is O[CH-]CCCCCCCO.O[CH-]CCCCCCCO.O[CH-]CCCCCCCO.O[CH-]CCCCCCCO.[Ti+4]. The van der Waals surface area contributed by atoms with Gasteiger partial charge in [0.2, 0.25) is 0 Å². The van der Waals surface area contributed by atoms with Gasteiger partial charge in [-0.1, -0.05) is 103 Å². The zero-order chi connectivity index (χ0) is 30.6. The van der Waals surface area contributed by atoms with E-state index < -0.39 is 0 Å². The van der Waals surface area contributed by atoms with E-state index in [1.54, 1.807) is 0 Å². The predicted molar refractivity (Wildman–Crippen MR) is 164 cm³/mol. The first-order chi connectivity index (χ1) is 19.7. The van der Waals surface area contributed by atoms with E-state index in [9.17, 15) is 0 Å². The van der Waals surface area contributed by atoms with Crippen molar-refractivity contribution in [2.75, 3.05) is 26.4 Å². The first-order valence-corrected chi connectivity index (χ1v) is 15.9. The van der Waals surface area contributed by atoms with Crippen LogP contribution in [0.25, 0.3) is 0 Å². The van der Waals surface area contributed by atoms with Crippen molar-refractivity contribution >= 4 is 0 Å². The van der Waals surface area contributed by atoms with Crippen LogP contribution in [-0.4, -0.2) is 67.3 Å². The van der Waals surface area contributed by atoms with Gasteiger partial charge in [-0.05, 0) is 25.7 Å². The Kier molecular flexibility index (Phi) is 74.3. The number of aliphatic hydroxyl groups excluding tert-OH is 8. The van der Waals surface area contributed by atoms with Crippen LogP contribution in [0.4, 0.5) is 0 Å². The molecule has 0 atom stereocenters. The maximum atomic E-state index is 8.42. The molecule has 0 saturated carbocycles. The topological polar surface area (TPSA) is 162 Å². The van der Waals surface area contributed by atoms with E-state index in [0.717, 1.165) is 128 Å². The fraction of sp³-hybridized carbons (Fsp3) is 0.875. The summed E-state index contributed by atoms with van der Waals surface area (Å²) in [6, 6.07) is 0. The Hall–Kier alpha value is 0.394. The Labute approximate surface area is 268 Å². The predicted octanol–water partition coefficient (Wildman–Crippen LogP) is 7.41. The van der Waals surface area contributed by atoms with Gasteiger partial charge in [-0.15, -0.1) is 0 Å². The number of rotatable bonds is 28. The Morgan fingerprint density at radius 3 is 0.537 bits per heavy atom. The second-order valence-electron chi connectivity index (χ2n) is 9.85. The summed E-state index contributed by atoms with van der Waals surface area (Å²) in [7, 11) is 0. The third kappa shape index (κ3) is 73.9. The van der Waals surface area contributed by atoms with Crippen LogP contribution in [0.1, 0.15) is 154 Å². The van der Waals surface area contributed by atoms with Crippen molar-refractivity contribution in [1.29, 1.82) is 0 Å². The van der Waals surface area contributed by atoms with E-state index >= 15 is 0 Å². The maximum absolute atomic E-state index is 8.42. The van der Waals surface area contributed by atoms with Crippen molar-refractivity contribution in [1.82, 2.24) is 0 Å². The van der Waals surface area contributed by atoms with Crippen LogP contribution in [0, 0.1) is 26.4 Å². The Bertz CT molecular complexity index is 260. The molecule has 0 saturated heterocycles. The van der Waals surface area contributed by atoms with Gasteiger partial charge < -0.3 is 40.9 Å². The largest absolute Gasteiger partial charge is 4.00 e. The van der Waals surface area contributed by atoms with E-state index in [0.29, 0.717) is 26.4 Å². The van der Waals surface area contributed by atoms with Crippen molar-refractivity contribution in [3.05, 3.63) is 26.4 Å². The Morgan fingerprint density at radius 1 is 0.244 bits per heavy atom. The number of hydrogen-bond donors (Lipinski definition) is 8. The molecule has 0 aliphatic heterocycles. The number of aliphatic hydroxyl groups is 8. The van der Waals surface area contributed by atoms with Crippen LogP contribution in [0.5, 0.6) is 0 Å². The summed E-state index contributed by atoms with van der Waals surface area (Å²) in [5, 5.41) is 66.9. The smallest absolute Gasteiger partial charge is 0.566 e. The fourth-order valence-corrected chi connectivity index (χ4v) is 3.51. The van der Waals surface area contributed by atoms with Gasteiger partial charge in [0.1, 0.15) is 0 Å². The van der Waals surface area contributed by atoms with Crippen LogP contribution in [0.2, 0.25) is 0 Å². The van der Waals surface area contributed by atoms with E-state index in [2.05, 4.69) is 0 Å². The third-order valence-corrected chi connectivity index (χ3v) is 5.97. The monoisotopic (exact) mass is 628 g/mol. The molecular formula is C32H68O8Ti. The zero-order valence-corrected chi connectivity index (χ0v) is 27.7. The summed E-state index contributed by atoms with van der Waals surface area (Å²) in [6.45, 7) is 6.10. The molecule has 8 N–H and O–H groups in total. The molecule has 248 valence electrons. The fourth-order valence-electron chi connectivity index (χ4n) is 3.51. The van der Waals surface area contributed by atoms with Gasteiger partial charge in [0.25, 0.3) is 0 Å². The molecule has 0 aliphatic rings. The minimum absolute atomic E-state index is 0. The average molecular weight is 629 g/mol. The summed E-state index contributed by atoms with van der Waals surface area (Å²) >= 11 is 0. The van der Waals surface area contributed by atoms with Gasteiger partial charge >= 0.3 is 21.7 Å². The molecular weight excluding hydrogens is 560 g/mol. The maximum Gasteiger partial charge on any atom is 4.00 e. The summed E-state index contributed by atoms with van der Waals surface area (Å²) in [5.41, 5.74) is 0.